The summed E-state index contributed by atoms with van der Waals surface area (Å²) in [5.74, 6) is 8.59. The highest BCUT2D eigenvalue weighted by Gasteiger charge is 2.42. The van der Waals surface area contributed by atoms with Gasteiger partial charge in [0.25, 0.3) is 0 Å². The maximum Gasteiger partial charge on any atom is 0.0783 e. The Morgan fingerprint density at radius 1 is 1.53 bits per heavy atom. The van der Waals surface area contributed by atoms with E-state index in [0.29, 0.717) is 25.7 Å². The lowest BCUT2D eigenvalue weighted by molar-refractivity contribution is -0.0901. The van der Waals surface area contributed by atoms with Crippen molar-refractivity contribution < 1.29 is 14.2 Å². The molecule has 19 heavy (non-hydrogen) atoms. The lowest BCUT2D eigenvalue weighted by atomic mass is 9.81. The highest BCUT2D eigenvalue weighted by atomic mass is 32.2. The van der Waals surface area contributed by atoms with Gasteiger partial charge in [-0.3, -0.25) is 11.3 Å². The fourth-order valence-electron chi connectivity index (χ4n) is 2.95. The van der Waals surface area contributed by atoms with Gasteiger partial charge in [0, 0.05) is 25.5 Å². The Kier molecular flexibility index (Phi) is 6.38. The normalized spacial score (nSPS) is 32.8. The third-order valence-corrected chi connectivity index (χ3v) is 5.33. The number of hydrogen-bond acceptors (Lipinski definition) is 6. The first-order valence-corrected chi connectivity index (χ1v) is 8.20. The Morgan fingerprint density at radius 3 is 3.11 bits per heavy atom. The Morgan fingerprint density at radius 2 is 2.42 bits per heavy atom. The monoisotopic (exact) mass is 290 g/mol. The van der Waals surface area contributed by atoms with Crippen LogP contribution in [0.1, 0.15) is 19.3 Å². The molecule has 2 aliphatic rings. The van der Waals surface area contributed by atoms with Gasteiger partial charge in [-0.25, -0.2) is 0 Å². The summed E-state index contributed by atoms with van der Waals surface area (Å²) in [4.78, 5) is 0. The van der Waals surface area contributed by atoms with E-state index in [1.807, 2.05) is 11.8 Å². The maximum atomic E-state index is 6.04. The van der Waals surface area contributed by atoms with Crippen LogP contribution in [0.2, 0.25) is 0 Å². The molecule has 2 aliphatic heterocycles. The smallest absolute Gasteiger partial charge is 0.0783 e. The van der Waals surface area contributed by atoms with Crippen LogP contribution in [0.5, 0.6) is 0 Å². The standard InChI is InChI=1S/C13H26N2O3S/c1-16-5-6-17-9-12(15-14)11-2-4-18-13(8-11)3-7-19-10-13/h11-12,15H,2-10,14H2,1H3. The molecule has 3 unspecified atom stereocenters. The molecule has 6 heteroatoms. The van der Waals surface area contributed by atoms with Crippen LogP contribution in [0.25, 0.3) is 0 Å². The minimum atomic E-state index is 0.106. The van der Waals surface area contributed by atoms with Crippen molar-refractivity contribution in [3.8, 4) is 0 Å². The second-order valence-electron chi connectivity index (χ2n) is 5.43. The molecule has 2 rings (SSSR count). The summed E-state index contributed by atoms with van der Waals surface area (Å²) in [6.45, 7) is 2.75. The predicted octanol–water partition coefficient (Wildman–Crippen LogP) is 0.784. The van der Waals surface area contributed by atoms with Gasteiger partial charge >= 0.3 is 0 Å². The fraction of sp³-hybridized carbons (Fsp3) is 1.00. The molecular weight excluding hydrogens is 264 g/mol. The molecule has 0 bridgehead atoms. The highest BCUT2D eigenvalue weighted by molar-refractivity contribution is 7.99. The van der Waals surface area contributed by atoms with E-state index in [1.165, 1.54) is 12.2 Å². The predicted molar refractivity (Wildman–Crippen MR) is 77.2 cm³/mol. The molecule has 3 N–H and O–H groups in total. The van der Waals surface area contributed by atoms with Gasteiger partial charge in [-0.15, -0.1) is 0 Å². The van der Waals surface area contributed by atoms with Gasteiger partial charge < -0.3 is 14.2 Å². The first-order chi connectivity index (χ1) is 9.29. The minimum Gasteiger partial charge on any atom is -0.382 e. The zero-order chi connectivity index (χ0) is 13.6. The van der Waals surface area contributed by atoms with Gasteiger partial charge in [-0.05, 0) is 30.9 Å². The molecule has 0 saturated carbocycles. The van der Waals surface area contributed by atoms with Crippen LogP contribution in [-0.4, -0.2) is 56.7 Å². The van der Waals surface area contributed by atoms with Gasteiger partial charge in [0.1, 0.15) is 0 Å². The number of thioether (sulfide) groups is 1. The molecule has 0 aromatic rings. The molecule has 1 spiro atoms. The summed E-state index contributed by atoms with van der Waals surface area (Å²) in [6, 6.07) is 0.211. The van der Waals surface area contributed by atoms with Crippen LogP contribution >= 0.6 is 11.8 Å². The number of hydrazine groups is 1. The average Bonchev–Trinajstić information content (AvgIpc) is 2.87. The Bertz CT molecular complexity index is 262. The van der Waals surface area contributed by atoms with Crippen LogP contribution in [0.4, 0.5) is 0 Å². The molecule has 2 fully saturated rings. The molecule has 0 aliphatic carbocycles. The van der Waals surface area contributed by atoms with E-state index in [-0.39, 0.29) is 11.6 Å². The largest absolute Gasteiger partial charge is 0.382 e. The van der Waals surface area contributed by atoms with Crippen molar-refractivity contribution in [1.29, 1.82) is 0 Å². The zero-order valence-electron chi connectivity index (χ0n) is 11.7. The van der Waals surface area contributed by atoms with Gasteiger partial charge in [0.15, 0.2) is 0 Å². The number of nitrogens with one attached hydrogen (secondary N) is 1. The van der Waals surface area contributed by atoms with E-state index in [1.54, 1.807) is 7.11 Å². The van der Waals surface area contributed by atoms with Gasteiger partial charge in [-0.2, -0.15) is 11.8 Å². The van der Waals surface area contributed by atoms with Crippen molar-refractivity contribution >= 4 is 11.8 Å². The van der Waals surface area contributed by atoms with Crippen LogP contribution < -0.4 is 11.3 Å². The minimum absolute atomic E-state index is 0.106. The van der Waals surface area contributed by atoms with Gasteiger partial charge in [0.2, 0.25) is 0 Å². The second kappa shape index (κ2) is 7.81. The maximum absolute atomic E-state index is 6.04. The summed E-state index contributed by atoms with van der Waals surface area (Å²) in [6.07, 6.45) is 3.34. The molecule has 0 aromatic carbocycles. The molecule has 3 atom stereocenters. The molecule has 0 radical (unpaired) electrons. The van der Waals surface area contributed by atoms with E-state index in [2.05, 4.69) is 5.43 Å². The summed E-state index contributed by atoms with van der Waals surface area (Å²) in [5, 5.41) is 0. The Hall–Kier alpha value is 0.150. The van der Waals surface area contributed by atoms with Crippen LogP contribution in [0.3, 0.4) is 0 Å². The van der Waals surface area contributed by atoms with Gasteiger partial charge in [0.05, 0.1) is 25.4 Å². The van der Waals surface area contributed by atoms with Gasteiger partial charge in [-0.1, -0.05) is 0 Å². The van der Waals surface area contributed by atoms with Crippen molar-refractivity contribution in [1.82, 2.24) is 5.43 Å². The van der Waals surface area contributed by atoms with E-state index in [0.717, 1.165) is 25.2 Å². The summed E-state index contributed by atoms with van der Waals surface area (Å²) < 4.78 is 16.6. The second-order valence-corrected chi connectivity index (χ2v) is 6.53. The molecule has 0 amide bonds. The quantitative estimate of drug-likeness (QED) is 0.410. The van der Waals surface area contributed by atoms with Crippen molar-refractivity contribution in [2.24, 2.45) is 11.8 Å². The van der Waals surface area contributed by atoms with E-state index < -0.39 is 0 Å². The van der Waals surface area contributed by atoms with E-state index >= 15 is 0 Å². The topological polar surface area (TPSA) is 65.7 Å². The third-order valence-electron chi connectivity index (χ3n) is 4.11. The Balaban J connectivity index is 1.80. The lowest BCUT2D eigenvalue weighted by Crippen LogP contribution is -2.50. The van der Waals surface area contributed by atoms with E-state index in [9.17, 15) is 0 Å². The molecular formula is C13H26N2O3S. The summed E-state index contributed by atoms with van der Waals surface area (Å²) in [5.41, 5.74) is 3.03. The molecule has 0 aromatic heterocycles. The number of ether oxygens (including phenoxy) is 3. The molecule has 5 nitrogen and oxygen atoms in total. The number of nitrogens with two attached hydrogens (primary N) is 1. The van der Waals surface area contributed by atoms with E-state index in [4.69, 9.17) is 20.1 Å². The zero-order valence-corrected chi connectivity index (χ0v) is 12.5. The Labute approximate surface area is 119 Å². The molecule has 112 valence electrons. The number of hydrogen-bond donors (Lipinski definition) is 2. The first-order valence-electron chi connectivity index (χ1n) is 7.04. The summed E-state index contributed by atoms with van der Waals surface area (Å²) in [7, 11) is 1.68. The number of methoxy groups -OCH3 is 1. The van der Waals surface area contributed by atoms with Crippen molar-refractivity contribution in [2.45, 2.75) is 30.9 Å². The first kappa shape index (κ1) is 15.5. The SMILES string of the molecule is COCCOCC(NN)C1CCOC2(CCSC2)C1. The third kappa shape index (κ3) is 4.31. The van der Waals surface area contributed by atoms with Crippen molar-refractivity contribution in [2.75, 3.05) is 45.0 Å². The van der Waals surface area contributed by atoms with Crippen LogP contribution in [0, 0.1) is 5.92 Å². The van der Waals surface area contributed by atoms with Crippen LogP contribution in [-0.2, 0) is 14.2 Å². The molecule has 2 heterocycles. The summed E-state index contributed by atoms with van der Waals surface area (Å²) >= 11 is 2.00. The molecule has 2 saturated heterocycles. The van der Waals surface area contributed by atoms with Crippen LogP contribution in [0.15, 0.2) is 0 Å². The fourth-order valence-corrected chi connectivity index (χ4v) is 4.32. The lowest BCUT2D eigenvalue weighted by Gasteiger charge is -2.40. The van der Waals surface area contributed by atoms with Crippen molar-refractivity contribution in [3.63, 3.8) is 0 Å². The highest BCUT2D eigenvalue weighted by Crippen LogP contribution is 2.41. The average molecular weight is 290 g/mol. The van der Waals surface area contributed by atoms with Crippen molar-refractivity contribution in [3.05, 3.63) is 0 Å². The number of rotatable bonds is 7.